The number of hydrogen-bond donors (Lipinski definition) is 0. The molecule has 1 saturated heterocycles. The van der Waals surface area contributed by atoms with Crippen molar-refractivity contribution in [2.75, 3.05) is 19.7 Å². The smallest absolute Gasteiger partial charge is 0.332 e. The second kappa shape index (κ2) is 7.73. The van der Waals surface area contributed by atoms with Gasteiger partial charge in [-0.1, -0.05) is 0 Å². The first-order valence-electron chi connectivity index (χ1n) is 9.48. The van der Waals surface area contributed by atoms with Crippen molar-refractivity contribution in [3.8, 4) is 5.88 Å². The first-order chi connectivity index (χ1) is 14.3. The maximum atomic E-state index is 12.9. The maximum Gasteiger partial charge on any atom is 0.332 e. The van der Waals surface area contributed by atoms with Crippen molar-refractivity contribution in [3.05, 3.63) is 51.3 Å². The van der Waals surface area contributed by atoms with E-state index in [-0.39, 0.29) is 29.5 Å². The second-order valence-electron chi connectivity index (χ2n) is 7.37. The van der Waals surface area contributed by atoms with E-state index in [0.29, 0.717) is 25.6 Å². The predicted molar refractivity (Wildman–Crippen MR) is 105 cm³/mol. The van der Waals surface area contributed by atoms with E-state index in [1.165, 1.54) is 41.7 Å². The Morgan fingerprint density at radius 1 is 1.23 bits per heavy atom. The molecule has 1 aliphatic heterocycles. The van der Waals surface area contributed by atoms with Crippen LogP contribution >= 0.6 is 0 Å². The minimum atomic E-state index is -0.488. The Bertz CT molecular complexity index is 1210. The Morgan fingerprint density at radius 2 is 2.03 bits per heavy atom. The molecular weight excluding hydrogens is 395 g/mol. The molecule has 0 spiro atoms. The van der Waals surface area contributed by atoms with E-state index in [4.69, 9.17) is 4.74 Å². The first-order valence-corrected chi connectivity index (χ1v) is 9.48. The number of carbonyl (C=O) groups is 1. The predicted octanol–water partition coefficient (Wildman–Crippen LogP) is -0.105. The molecule has 158 valence electrons. The van der Waals surface area contributed by atoms with Gasteiger partial charge in [0.25, 0.3) is 5.56 Å². The van der Waals surface area contributed by atoms with Gasteiger partial charge in [-0.25, -0.2) is 19.2 Å². The number of halogens is 1. The van der Waals surface area contributed by atoms with E-state index in [1.54, 1.807) is 4.90 Å². The van der Waals surface area contributed by atoms with Gasteiger partial charge < -0.3 is 14.2 Å². The van der Waals surface area contributed by atoms with Gasteiger partial charge in [0.2, 0.25) is 11.8 Å². The van der Waals surface area contributed by atoms with Gasteiger partial charge >= 0.3 is 5.69 Å². The number of hydrogen-bond acceptors (Lipinski definition) is 6. The summed E-state index contributed by atoms with van der Waals surface area (Å²) >= 11 is 0. The molecule has 0 aliphatic carbocycles. The van der Waals surface area contributed by atoms with Crippen LogP contribution in [0.5, 0.6) is 5.88 Å². The number of rotatable bonds is 5. The summed E-state index contributed by atoms with van der Waals surface area (Å²) in [5, 5.41) is 0. The molecule has 0 aromatic carbocycles. The summed E-state index contributed by atoms with van der Waals surface area (Å²) in [6, 6.07) is 2.74. The van der Waals surface area contributed by atoms with E-state index in [9.17, 15) is 18.8 Å². The highest BCUT2D eigenvalue weighted by Crippen LogP contribution is 2.19. The molecule has 1 fully saturated rings. The number of amides is 1. The van der Waals surface area contributed by atoms with Crippen LogP contribution in [0.2, 0.25) is 0 Å². The minimum Gasteiger partial charge on any atom is -0.477 e. The zero-order valence-electron chi connectivity index (χ0n) is 16.6. The Balaban J connectivity index is 1.42. The molecule has 10 nitrogen and oxygen atoms in total. The lowest BCUT2D eigenvalue weighted by Crippen LogP contribution is -2.38. The topological polar surface area (TPSA) is 104 Å². The lowest BCUT2D eigenvalue weighted by molar-refractivity contribution is -0.130. The third-order valence-electron chi connectivity index (χ3n) is 5.33. The van der Waals surface area contributed by atoms with Gasteiger partial charge in [-0.2, -0.15) is 0 Å². The normalized spacial score (nSPS) is 16.4. The molecule has 4 rings (SSSR count). The molecule has 1 atom stereocenters. The summed E-state index contributed by atoms with van der Waals surface area (Å²) < 4.78 is 22.2. The van der Waals surface area contributed by atoms with Gasteiger partial charge in [-0.05, 0) is 12.5 Å². The monoisotopic (exact) mass is 416 g/mol. The second-order valence-corrected chi connectivity index (χ2v) is 7.37. The fourth-order valence-electron chi connectivity index (χ4n) is 3.61. The van der Waals surface area contributed by atoms with Crippen LogP contribution in [0.1, 0.15) is 6.42 Å². The minimum absolute atomic E-state index is 0.0446. The number of imidazole rings is 1. The molecular formula is C19H21FN6O4. The Kier molecular flexibility index (Phi) is 5.10. The molecule has 1 aliphatic rings. The highest BCUT2D eigenvalue weighted by Gasteiger charge is 2.27. The highest BCUT2D eigenvalue weighted by molar-refractivity contribution is 5.79. The van der Waals surface area contributed by atoms with Crippen LogP contribution in [0.25, 0.3) is 11.2 Å². The molecule has 30 heavy (non-hydrogen) atoms. The summed E-state index contributed by atoms with van der Waals surface area (Å²) in [4.78, 5) is 47.0. The van der Waals surface area contributed by atoms with Gasteiger partial charge in [-0.15, -0.1) is 0 Å². The quantitative estimate of drug-likeness (QED) is 0.575. The van der Waals surface area contributed by atoms with Gasteiger partial charge in [0.1, 0.15) is 12.4 Å². The largest absolute Gasteiger partial charge is 0.477 e. The average Bonchev–Trinajstić information content (AvgIpc) is 3.38. The van der Waals surface area contributed by atoms with E-state index < -0.39 is 17.1 Å². The third-order valence-corrected chi connectivity index (χ3v) is 5.33. The number of nitrogens with zero attached hydrogens (tertiary/aromatic N) is 6. The number of fused-ring (bicyclic) bond motifs is 1. The maximum absolute atomic E-state index is 12.9. The summed E-state index contributed by atoms with van der Waals surface area (Å²) in [6.45, 7) is 1.42. The van der Waals surface area contributed by atoms with E-state index in [1.807, 2.05) is 0 Å². The van der Waals surface area contributed by atoms with Crippen LogP contribution in [-0.4, -0.2) is 54.2 Å². The van der Waals surface area contributed by atoms with E-state index in [2.05, 4.69) is 9.97 Å². The number of pyridine rings is 1. The van der Waals surface area contributed by atoms with Crippen LogP contribution in [0.15, 0.2) is 34.2 Å². The highest BCUT2D eigenvalue weighted by atomic mass is 19.1. The van der Waals surface area contributed by atoms with Crippen LogP contribution < -0.4 is 16.0 Å². The third kappa shape index (κ3) is 3.58. The van der Waals surface area contributed by atoms with Crippen molar-refractivity contribution in [3.63, 3.8) is 0 Å². The summed E-state index contributed by atoms with van der Waals surface area (Å²) in [7, 11) is 2.93. The van der Waals surface area contributed by atoms with Crippen molar-refractivity contribution in [2.45, 2.75) is 13.0 Å². The van der Waals surface area contributed by atoms with Gasteiger partial charge in [0.15, 0.2) is 11.2 Å². The molecule has 0 radical (unpaired) electrons. The van der Waals surface area contributed by atoms with Crippen LogP contribution in [0, 0.1) is 11.7 Å². The standard InChI is InChI=1S/C19H21FN6O4/c1-23-17-16(18(28)24(2)19(23)29)26(11-22-17)9-15(27)25-6-5-12(8-25)10-30-14-4-3-13(20)7-21-14/h3-4,7,11-12H,5-6,8-10H2,1-2H3. The fraction of sp³-hybridized carbons (Fsp3) is 0.421. The molecule has 0 bridgehead atoms. The van der Waals surface area contributed by atoms with Crippen LogP contribution in [0.3, 0.4) is 0 Å². The Morgan fingerprint density at radius 3 is 2.77 bits per heavy atom. The number of likely N-dealkylation sites (tertiary alicyclic amines) is 1. The zero-order valence-corrected chi connectivity index (χ0v) is 16.6. The number of carbonyl (C=O) groups excluding carboxylic acids is 1. The van der Waals surface area contributed by atoms with Crippen molar-refractivity contribution < 1.29 is 13.9 Å². The molecule has 3 aromatic rings. The average molecular weight is 416 g/mol. The lowest BCUT2D eigenvalue weighted by Gasteiger charge is -2.17. The van der Waals surface area contributed by atoms with E-state index in [0.717, 1.165) is 17.2 Å². The molecule has 1 amide bonds. The zero-order chi connectivity index (χ0) is 21.4. The molecule has 0 N–H and O–H groups in total. The SMILES string of the molecule is Cn1c(=O)c2c(ncn2CC(=O)N2CCC(COc3ccc(F)cn3)C2)n(C)c1=O. The number of aryl methyl sites for hydroxylation is 1. The molecule has 1 unspecified atom stereocenters. The molecule has 4 heterocycles. The van der Waals surface area contributed by atoms with Gasteiger partial charge in [0.05, 0.1) is 19.1 Å². The fourth-order valence-corrected chi connectivity index (χ4v) is 3.61. The Hall–Kier alpha value is -3.50. The molecule has 11 heteroatoms. The van der Waals surface area contributed by atoms with E-state index >= 15 is 0 Å². The van der Waals surface area contributed by atoms with Crippen molar-refractivity contribution in [1.29, 1.82) is 0 Å². The summed E-state index contributed by atoms with van der Waals surface area (Å²) in [5.74, 6) is -0.101. The van der Waals surface area contributed by atoms with Crippen molar-refractivity contribution in [1.82, 2.24) is 28.6 Å². The van der Waals surface area contributed by atoms with Crippen LogP contribution in [0.4, 0.5) is 4.39 Å². The number of aromatic nitrogens is 5. The Labute approximate surface area is 170 Å². The first kappa shape index (κ1) is 19.8. The van der Waals surface area contributed by atoms with Gasteiger partial charge in [-0.3, -0.25) is 18.7 Å². The van der Waals surface area contributed by atoms with Crippen molar-refractivity contribution in [2.24, 2.45) is 20.0 Å². The summed E-state index contributed by atoms with van der Waals surface area (Å²) in [6.07, 6.45) is 3.27. The molecule has 0 saturated carbocycles. The summed E-state index contributed by atoms with van der Waals surface area (Å²) in [5.41, 5.74) is -0.496. The van der Waals surface area contributed by atoms with Crippen molar-refractivity contribution >= 4 is 17.1 Å². The number of ether oxygens (including phenoxy) is 1. The molecule has 3 aromatic heterocycles. The van der Waals surface area contributed by atoms with Gasteiger partial charge in [0, 0.05) is 39.2 Å². The van der Waals surface area contributed by atoms with Crippen LogP contribution in [-0.2, 0) is 25.4 Å². The lowest BCUT2D eigenvalue weighted by atomic mass is 10.1.